The molecule has 7 heteroatoms. The van der Waals surface area contributed by atoms with Crippen molar-refractivity contribution < 1.29 is 34.7 Å². The second kappa shape index (κ2) is 11.1. The predicted octanol–water partition coefficient (Wildman–Crippen LogP) is 1.25. The maximum atomic E-state index is 11.8. The molecule has 1 aliphatic rings. The van der Waals surface area contributed by atoms with Crippen LogP contribution in [0.5, 0.6) is 0 Å². The first-order chi connectivity index (χ1) is 11.9. The van der Waals surface area contributed by atoms with Gasteiger partial charge in [0.15, 0.2) is 5.79 Å². The van der Waals surface area contributed by atoms with E-state index in [4.69, 9.17) is 9.47 Å². The molecular formula is C18H34O7. The average Bonchev–Trinajstić information content (AvgIpc) is 2.61. The summed E-state index contributed by atoms with van der Waals surface area (Å²) in [6.45, 7) is 3.48. The molecule has 0 aromatic heterocycles. The highest BCUT2D eigenvalue weighted by Gasteiger charge is 2.51. The Kier molecular flexibility index (Phi) is 9.89. The van der Waals surface area contributed by atoms with Crippen LogP contribution >= 0.6 is 0 Å². The van der Waals surface area contributed by atoms with Crippen LogP contribution in [0.3, 0.4) is 0 Å². The molecule has 1 heterocycles. The number of rotatable bonds is 11. The number of ether oxygens (including phenoxy) is 2. The summed E-state index contributed by atoms with van der Waals surface area (Å²) in [6, 6.07) is 0. The Hall–Kier alpha value is -0.730. The van der Waals surface area contributed by atoms with Crippen molar-refractivity contribution in [2.75, 3.05) is 6.61 Å². The largest absolute Gasteiger partial charge is 0.463 e. The highest BCUT2D eigenvalue weighted by atomic mass is 16.7. The minimum atomic E-state index is -1.96. The molecule has 1 aliphatic heterocycles. The van der Waals surface area contributed by atoms with E-state index in [-0.39, 0.29) is 13.0 Å². The summed E-state index contributed by atoms with van der Waals surface area (Å²) in [5, 5.41) is 39.7. The van der Waals surface area contributed by atoms with Gasteiger partial charge in [-0.25, -0.2) is 0 Å². The number of aliphatic hydroxyl groups excluding tert-OH is 3. The van der Waals surface area contributed by atoms with Gasteiger partial charge in [0.05, 0.1) is 0 Å². The molecule has 0 radical (unpaired) electrons. The van der Waals surface area contributed by atoms with E-state index in [1.54, 1.807) is 6.92 Å². The summed E-state index contributed by atoms with van der Waals surface area (Å²) in [5.74, 6) is -2.36. The lowest BCUT2D eigenvalue weighted by atomic mass is 9.91. The lowest BCUT2D eigenvalue weighted by Gasteiger charge is -2.45. The highest BCUT2D eigenvalue weighted by Crippen LogP contribution is 2.30. The Morgan fingerprint density at radius 1 is 1.00 bits per heavy atom. The van der Waals surface area contributed by atoms with E-state index in [2.05, 4.69) is 6.92 Å². The van der Waals surface area contributed by atoms with Crippen molar-refractivity contribution >= 4 is 5.97 Å². The Morgan fingerprint density at radius 3 is 2.20 bits per heavy atom. The molecule has 148 valence electrons. The van der Waals surface area contributed by atoms with Crippen molar-refractivity contribution in [1.82, 2.24) is 0 Å². The zero-order chi connectivity index (χ0) is 18.9. The molecule has 1 unspecified atom stereocenters. The molecule has 0 spiro atoms. The molecule has 0 aromatic carbocycles. The maximum Gasteiger partial charge on any atom is 0.305 e. The van der Waals surface area contributed by atoms with Gasteiger partial charge >= 0.3 is 5.97 Å². The molecule has 0 saturated carbocycles. The fraction of sp³-hybridized carbons (Fsp3) is 0.944. The Balaban J connectivity index is 2.28. The van der Waals surface area contributed by atoms with E-state index < -0.39 is 36.2 Å². The van der Waals surface area contributed by atoms with Crippen molar-refractivity contribution in [2.24, 2.45) is 0 Å². The molecular weight excluding hydrogens is 328 g/mol. The van der Waals surface area contributed by atoms with Gasteiger partial charge in [-0.2, -0.15) is 0 Å². The number of carbonyl (C=O) groups excluding carboxylic acids is 1. The second-order valence-electron chi connectivity index (χ2n) is 6.84. The van der Waals surface area contributed by atoms with Crippen molar-refractivity contribution in [3.63, 3.8) is 0 Å². The summed E-state index contributed by atoms with van der Waals surface area (Å²) < 4.78 is 10.4. The van der Waals surface area contributed by atoms with Gasteiger partial charge in [0.1, 0.15) is 31.0 Å². The van der Waals surface area contributed by atoms with E-state index in [9.17, 15) is 25.2 Å². The number of unbranched alkanes of at least 4 members (excludes halogenated alkanes) is 6. The summed E-state index contributed by atoms with van der Waals surface area (Å²) >= 11 is 0. The summed E-state index contributed by atoms with van der Waals surface area (Å²) in [5.41, 5.74) is 0. The number of hydrogen-bond acceptors (Lipinski definition) is 7. The topological polar surface area (TPSA) is 116 Å². The quantitative estimate of drug-likeness (QED) is 0.323. The van der Waals surface area contributed by atoms with Gasteiger partial charge in [-0.1, -0.05) is 52.4 Å². The second-order valence-corrected chi connectivity index (χ2v) is 6.84. The molecule has 0 amide bonds. The van der Waals surface area contributed by atoms with Gasteiger partial charge in [0, 0.05) is 12.8 Å². The van der Waals surface area contributed by atoms with Crippen LogP contribution in [-0.2, 0) is 14.3 Å². The molecule has 0 aromatic rings. The summed E-state index contributed by atoms with van der Waals surface area (Å²) in [7, 11) is 0. The third-order valence-corrected chi connectivity index (χ3v) is 4.77. The van der Waals surface area contributed by atoms with Crippen LogP contribution in [0.15, 0.2) is 0 Å². The molecule has 1 rings (SSSR count). The molecule has 1 saturated heterocycles. The smallest absolute Gasteiger partial charge is 0.305 e. The van der Waals surface area contributed by atoms with E-state index in [1.807, 2.05) is 0 Å². The molecule has 0 aliphatic carbocycles. The van der Waals surface area contributed by atoms with Crippen molar-refractivity contribution in [2.45, 2.75) is 102 Å². The Morgan fingerprint density at radius 2 is 1.60 bits per heavy atom. The zero-order valence-electron chi connectivity index (χ0n) is 15.4. The Bertz CT molecular complexity index is 390. The molecule has 1 fully saturated rings. The van der Waals surface area contributed by atoms with E-state index in [0.717, 1.165) is 19.3 Å². The van der Waals surface area contributed by atoms with Crippen LogP contribution < -0.4 is 0 Å². The first kappa shape index (κ1) is 22.3. The third kappa shape index (κ3) is 6.83. The normalized spacial score (nSPS) is 32.6. The van der Waals surface area contributed by atoms with Gasteiger partial charge in [0.2, 0.25) is 0 Å². The number of aliphatic hydroxyl groups is 4. The lowest BCUT2D eigenvalue weighted by molar-refractivity contribution is -0.350. The van der Waals surface area contributed by atoms with Crippen molar-refractivity contribution in [3.8, 4) is 0 Å². The maximum absolute atomic E-state index is 11.8. The molecule has 0 bridgehead atoms. The van der Waals surface area contributed by atoms with Gasteiger partial charge in [-0.15, -0.1) is 0 Å². The SMILES string of the molecule is CCCCCCCCCC(=O)OC[C@H]1OC(O)(CC)[C@H](O)[C@@H](O)[C@@H]1O. The lowest BCUT2D eigenvalue weighted by Crippen LogP contribution is -2.65. The molecule has 7 nitrogen and oxygen atoms in total. The van der Waals surface area contributed by atoms with Crippen LogP contribution in [0.2, 0.25) is 0 Å². The first-order valence-corrected chi connectivity index (χ1v) is 9.45. The van der Waals surface area contributed by atoms with Crippen molar-refractivity contribution in [1.29, 1.82) is 0 Å². The molecule has 4 N–H and O–H groups in total. The number of esters is 1. The van der Waals surface area contributed by atoms with Crippen LogP contribution in [0.1, 0.15) is 71.6 Å². The fourth-order valence-corrected chi connectivity index (χ4v) is 2.97. The van der Waals surface area contributed by atoms with E-state index in [0.29, 0.717) is 6.42 Å². The summed E-state index contributed by atoms with van der Waals surface area (Å²) in [6.07, 6.45) is 2.31. The first-order valence-electron chi connectivity index (χ1n) is 9.45. The number of carbonyl (C=O) groups is 1. The van der Waals surface area contributed by atoms with E-state index in [1.165, 1.54) is 25.7 Å². The standard InChI is InChI=1S/C18H34O7/c1-3-5-6-7-8-9-10-11-14(19)24-12-13-15(20)16(21)17(22)18(23,4-2)25-13/h13,15-17,20-23H,3-12H2,1-2H3/t13-,15-,16+,17-,18?/m1/s1. The zero-order valence-corrected chi connectivity index (χ0v) is 15.4. The van der Waals surface area contributed by atoms with Gasteiger partial charge in [0.25, 0.3) is 0 Å². The minimum Gasteiger partial charge on any atom is -0.463 e. The predicted molar refractivity (Wildman–Crippen MR) is 91.7 cm³/mol. The monoisotopic (exact) mass is 362 g/mol. The van der Waals surface area contributed by atoms with Gasteiger partial charge < -0.3 is 29.9 Å². The fourth-order valence-electron chi connectivity index (χ4n) is 2.97. The van der Waals surface area contributed by atoms with Crippen LogP contribution in [-0.4, -0.2) is 63.2 Å². The number of hydrogen-bond donors (Lipinski definition) is 4. The van der Waals surface area contributed by atoms with Crippen LogP contribution in [0.4, 0.5) is 0 Å². The third-order valence-electron chi connectivity index (χ3n) is 4.77. The molecule has 25 heavy (non-hydrogen) atoms. The van der Waals surface area contributed by atoms with E-state index >= 15 is 0 Å². The van der Waals surface area contributed by atoms with Crippen LogP contribution in [0.25, 0.3) is 0 Å². The Labute approximate surface area is 150 Å². The average molecular weight is 362 g/mol. The van der Waals surface area contributed by atoms with Crippen molar-refractivity contribution in [3.05, 3.63) is 0 Å². The minimum absolute atomic E-state index is 0.0282. The van der Waals surface area contributed by atoms with Crippen LogP contribution in [0, 0.1) is 0 Å². The van der Waals surface area contributed by atoms with Gasteiger partial charge in [-0.3, -0.25) is 4.79 Å². The highest BCUT2D eigenvalue weighted by molar-refractivity contribution is 5.69. The van der Waals surface area contributed by atoms with Gasteiger partial charge in [-0.05, 0) is 6.42 Å². The molecule has 5 atom stereocenters. The summed E-state index contributed by atoms with van der Waals surface area (Å²) in [4.78, 5) is 11.8.